The Kier molecular flexibility index (Phi) is 2.15. The summed E-state index contributed by atoms with van der Waals surface area (Å²) >= 11 is 0. The van der Waals surface area contributed by atoms with Gasteiger partial charge in [0.05, 0.1) is 5.41 Å². The van der Waals surface area contributed by atoms with Gasteiger partial charge in [-0.3, -0.25) is 4.79 Å². The second-order valence-corrected chi connectivity index (χ2v) is 5.35. The minimum Gasteiger partial charge on any atom is -0.369 e. The van der Waals surface area contributed by atoms with Gasteiger partial charge in [-0.1, -0.05) is 36.3 Å². The van der Waals surface area contributed by atoms with Crippen molar-refractivity contribution >= 4 is 12.0 Å². The first-order valence-corrected chi connectivity index (χ1v) is 6.23. The quantitative estimate of drug-likeness (QED) is 0.829. The maximum absolute atomic E-state index is 11.8. The minimum absolute atomic E-state index is 0.157. The Balaban J connectivity index is 2.16. The molecule has 0 aliphatic heterocycles. The number of primary amides is 1. The van der Waals surface area contributed by atoms with Gasteiger partial charge in [-0.2, -0.15) is 0 Å². The lowest BCUT2D eigenvalue weighted by Crippen LogP contribution is -2.47. The summed E-state index contributed by atoms with van der Waals surface area (Å²) in [6, 6.07) is 6.29. The van der Waals surface area contributed by atoms with Crippen LogP contribution in [0.25, 0.3) is 6.08 Å². The fourth-order valence-electron chi connectivity index (χ4n) is 3.13. The molecule has 1 saturated carbocycles. The third-order valence-corrected chi connectivity index (χ3v) is 4.25. The van der Waals surface area contributed by atoms with Gasteiger partial charge in [-0.15, -0.1) is 0 Å². The van der Waals surface area contributed by atoms with Crippen LogP contribution < -0.4 is 5.73 Å². The highest BCUT2D eigenvalue weighted by molar-refractivity contribution is 5.89. The molecule has 2 N–H and O–H groups in total. The van der Waals surface area contributed by atoms with Crippen LogP contribution in [-0.4, -0.2) is 5.91 Å². The van der Waals surface area contributed by atoms with E-state index in [0.29, 0.717) is 0 Å². The highest BCUT2D eigenvalue weighted by Gasteiger charge is 2.45. The second-order valence-electron chi connectivity index (χ2n) is 5.35. The first-order valence-electron chi connectivity index (χ1n) is 6.23. The highest BCUT2D eigenvalue weighted by Crippen LogP contribution is 2.46. The number of hydrogen-bond donors (Lipinski definition) is 1. The molecule has 2 heteroatoms. The van der Waals surface area contributed by atoms with E-state index in [4.69, 9.17) is 5.73 Å². The van der Waals surface area contributed by atoms with Crippen LogP contribution in [0.2, 0.25) is 0 Å². The van der Waals surface area contributed by atoms with E-state index in [1.165, 1.54) is 16.7 Å². The first kappa shape index (κ1) is 10.6. The third-order valence-electron chi connectivity index (χ3n) is 4.25. The number of nitrogens with two attached hydrogens (primary N) is 1. The molecule has 0 aromatic heterocycles. The fraction of sp³-hybridized carbons (Fsp3) is 0.400. The summed E-state index contributed by atoms with van der Waals surface area (Å²) in [6.45, 7) is 2.14. The van der Waals surface area contributed by atoms with Crippen molar-refractivity contribution in [2.24, 2.45) is 5.73 Å². The van der Waals surface area contributed by atoms with E-state index in [2.05, 4.69) is 31.2 Å². The molecule has 1 fully saturated rings. The lowest BCUT2D eigenvalue weighted by Gasteiger charge is -2.40. The Labute approximate surface area is 102 Å². The van der Waals surface area contributed by atoms with Crippen molar-refractivity contribution < 1.29 is 4.79 Å². The van der Waals surface area contributed by atoms with Crippen LogP contribution in [-0.2, 0) is 16.6 Å². The van der Waals surface area contributed by atoms with Crippen molar-refractivity contribution in [3.63, 3.8) is 0 Å². The molecular formula is C15H17NO. The molecule has 3 rings (SSSR count). The predicted molar refractivity (Wildman–Crippen MR) is 68.5 cm³/mol. The molecule has 1 amide bonds. The van der Waals surface area contributed by atoms with Crippen LogP contribution in [0, 0.1) is 0 Å². The summed E-state index contributed by atoms with van der Waals surface area (Å²) in [4.78, 5) is 11.8. The monoisotopic (exact) mass is 227 g/mol. The number of benzene rings is 1. The molecular weight excluding hydrogens is 210 g/mol. The topological polar surface area (TPSA) is 43.1 Å². The van der Waals surface area contributed by atoms with E-state index in [1.807, 2.05) is 0 Å². The van der Waals surface area contributed by atoms with Gasteiger partial charge in [0.15, 0.2) is 0 Å². The normalized spacial score (nSPS) is 20.4. The minimum atomic E-state index is -0.382. The SMILES string of the molecule is CC1=Cc2c(cccc2C2(C(N)=O)CCC2)C1. The number of rotatable bonds is 2. The number of hydrogen-bond acceptors (Lipinski definition) is 1. The molecule has 17 heavy (non-hydrogen) atoms. The van der Waals surface area contributed by atoms with Gasteiger partial charge in [0.1, 0.15) is 0 Å². The smallest absolute Gasteiger partial charge is 0.228 e. The summed E-state index contributed by atoms with van der Waals surface area (Å²) in [5, 5.41) is 0. The molecule has 2 nitrogen and oxygen atoms in total. The van der Waals surface area contributed by atoms with E-state index >= 15 is 0 Å². The summed E-state index contributed by atoms with van der Waals surface area (Å²) in [5.74, 6) is -0.157. The summed E-state index contributed by atoms with van der Waals surface area (Å²) in [7, 11) is 0. The van der Waals surface area contributed by atoms with Crippen LogP contribution in [0.4, 0.5) is 0 Å². The molecule has 0 radical (unpaired) electrons. The molecule has 0 spiro atoms. The van der Waals surface area contributed by atoms with E-state index in [9.17, 15) is 4.79 Å². The Morgan fingerprint density at radius 1 is 1.35 bits per heavy atom. The molecule has 0 saturated heterocycles. The average Bonchev–Trinajstić information content (AvgIpc) is 2.56. The van der Waals surface area contributed by atoms with E-state index < -0.39 is 0 Å². The van der Waals surface area contributed by atoms with Gasteiger partial charge in [-0.05, 0) is 42.9 Å². The van der Waals surface area contributed by atoms with Crippen LogP contribution in [0.3, 0.4) is 0 Å². The second kappa shape index (κ2) is 3.46. The van der Waals surface area contributed by atoms with Gasteiger partial charge >= 0.3 is 0 Å². The lowest BCUT2D eigenvalue weighted by atomic mass is 9.62. The number of carbonyl (C=O) groups excluding carboxylic acids is 1. The standard InChI is InChI=1S/C15H17NO/c1-10-8-11-4-2-5-13(12(11)9-10)15(14(16)17)6-3-7-15/h2,4-5,9H,3,6-8H2,1H3,(H2,16,17). The van der Waals surface area contributed by atoms with E-state index in [1.54, 1.807) is 0 Å². The van der Waals surface area contributed by atoms with Gasteiger partial charge < -0.3 is 5.73 Å². The van der Waals surface area contributed by atoms with Crippen molar-refractivity contribution in [3.8, 4) is 0 Å². The summed E-state index contributed by atoms with van der Waals surface area (Å²) in [6.07, 6.45) is 6.15. The zero-order valence-electron chi connectivity index (χ0n) is 10.1. The molecule has 0 unspecified atom stereocenters. The highest BCUT2D eigenvalue weighted by atomic mass is 16.1. The molecule has 1 aromatic carbocycles. The van der Waals surface area contributed by atoms with Gasteiger partial charge in [0.25, 0.3) is 0 Å². The number of carbonyl (C=O) groups is 1. The first-order chi connectivity index (χ1) is 8.13. The van der Waals surface area contributed by atoms with Gasteiger partial charge in [0.2, 0.25) is 5.91 Å². The van der Waals surface area contributed by atoms with Crippen molar-refractivity contribution in [1.82, 2.24) is 0 Å². The largest absolute Gasteiger partial charge is 0.369 e. The Morgan fingerprint density at radius 3 is 2.71 bits per heavy atom. The molecule has 0 atom stereocenters. The van der Waals surface area contributed by atoms with Crippen molar-refractivity contribution in [1.29, 1.82) is 0 Å². The molecule has 1 aromatic rings. The van der Waals surface area contributed by atoms with Gasteiger partial charge in [-0.25, -0.2) is 0 Å². The molecule has 0 heterocycles. The van der Waals surface area contributed by atoms with Crippen molar-refractivity contribution in [2.75, 3.05) is 0 Å². The van der Waals surface area contributed by atoms with E-state index in [-0.39, 0.29) is 11.3 Å². The predicted octanol–water partition coefficient (Wildman–Crippen LogP) is 2.55. The van der Waals surface area contributed by atoms with Crippen LogP contribution in [0.1, 0.15) is 42.9 Å². The van der Waals surface area contributed by atoms with Crippen LogP contribution in [0.15, 0.2) is 23.8 Å². The zero-order chi connectivity index (χ0) is 12.0. The third kappa shape index (κ3) is 1.36. The Morgan fingerprint density at radius 2 is 2.12 bits per heavy atom. The number of fused-ring (bicyclic) bond motifs is 1. The number of allylic oxidation sites excluding steroid dienone is 1. The summed E-state index contributed by atoms with van der Waals surface area (Å²) in [5.41, 5.74) is 10.4. The molecule has 88 valence electrons. The van der Waals surface area contributed by atoms with Gasteiger partial charge in [0, 0.05) is 0 Å². The average molecular weight is 227 g/mol. The van der Waals surface area contributed by atoms with Crippen molar-refractivity contribution in [3.05, 3.63) is 40.5 Å². The summed E-state index contributed by atoms with van der Waals surface area (Å²) < 4.78 is 0. The fourth-order valence-corrected chi connectivity index (χ4v) is 3.13. The van der Waals surface area contributed by atoms with Crippen LogP contribution in [0.5, 0.6) is 0 Å². The van der Waals surface area contributed by atoms with Crippen LogP contribution >= 0.6 is 0 Å². The maximum Gasteiger partial charge on any atom is 0.228 e. The maximum atomic E-state index is 11.8. The molecule has 2 aliphatic carbocycles. The molecule has 0 bridgehead atoms. The van der Waals surface area contributed by atoms with Crippen molar-refractivity contribution in [2.45, 2.75) is 38.0 Å². The Hall–Kier alpha value is -1.57. The Bertz CT molecular complexity index is 524. The lowest BCUT2D eigenvalue weighted by molar-refractivity contribution is -0.126. The zero-order valence-corrected chi connectivity index (χ0v) is 10.1. The van der Waals surface area contributed by atoms with E-state index in [0.717, 1.165) is 31.2 Å². The molecule has 2 aliphatic rings. The number of amides is 1.